The number of hydrogen-bond donors (Lipinski definition) is 3. The second-order valence-electron chi connectivity index (χ2n) is 0.448. The molecule has 9 heavy (non-hydrogen) atoms. The fraction of sp³-hybridized carbons (Fsp3) is 0. The summed E-state index contributed by atoms with van der Waals surface area (Å²) >= 11 is 0.306. The van der Waals surface area contributed by atoms with Gasteiger partial charge in [-0.25, -0.2) is 0 Å². The summed E-state index contributed by atoms with van der Waals surface area (Å²) in [6.07, 6.45) is 0. The molecule has 0 heterocycles. The van der Waals surface area contributed by atoms with E-state index in [2.05, 4.69) is 0 Å². The first-order chi connectivity index (χ1) is 3.00. The van der Waals surface area contributed by atoms with Crippen LogP contribution in [-0.4, -0.2) is 113 Å². The van der Waals surface area contributed by atoms with E-state index < -0.39 is 10.4 Å². The van der Waals surface area contributed by atoms with Gasteiger partial charge in [0.25, 0.3) is 0 Å². The molecule has 0 aromatic carbocycles. The van der Waals surface area contributed by atoms with E-state index in [1.165, 1.54) is 0 Å². The first-order valence-electron chi connectivity index (χ1n) is 1.15. The Hall–Kier alpha value is 2.77. The van der Waals surface area contributed by atoms with Crippen molar-refractivity contribution in [3.8, 4) is 0 Å². The minimum Gasteiger partial charge on any atom is -0.521 e. The minimum atomic E-state index is -4.67. The van der Waals surface area contributed by atoms with E-state index in [0.29, 0.717) is 16.6 Å². The van der Waals surface area contributed by atoms with E-state index in [9.17, 15) is 0 Å². The maximum atomic E-state index is 8.74. The Morgan fingerprint density at radius 3 is 1.11 bits per heavy atom. The Kier molecular flexibility index (Phi) is 33.6. The topological polar surface area (TPSA) is 94.8 Å². The molecular weight excluding hydrogens is 202 g/mol. The third-order valence-electron chi connectivity index (χ3n) is 0. The van der Waals surface area contributed by atoms with Crippen LogP contribution in [-0.2, 0) is 10.4 Å². The van der Waals surface area contributed by atoms with Gasteiger partial charge in [0.2, 0.25) is 0 Å². The van der Waals surface area contributed by atoms with Gasteiger partial charge in [-0.15, -0.1) is 0 Å². The molecule has 50 valence electrons. The van der Waals surface area contributed by atoms with E-state index in [0.717, 1.165) is 0 Å². The van der Waals surface area contributed by atoms with Crippen LogP contribution in [0.4, 0.5) is 0 Å². The molecule has 0 saturated heterocycles. The van der Waals surface area contributed by atoms with Gasteiger partial charge in [0.05, 0.1) is 0 Å². The third-order valence-corrected chi connectivity index (χ3v) is 0. The van der Waals surface area contributed by atoms with Crippen molar-refractivity contribution < 1.29 is 21.7 Å². The largest absolute Gasteiger partial charge is 0.521 e. The van der Waals surface area contributed by atoms with Crippen molar-refractivity contribution in [2.75, 3.05) is 0 Å². The molecule has 0 aromatic rings. The van der Waals surface area contributed by atoms with E-state index in [-0.39, 0.29) is 74.4 Å². The molecule has 0 spiro atoms. The smallest absolute Gasteiger partial charge is 0.407 e. The molecule has 0 atom stereocenters. The summed E-state index contributed by atoms with van der Waals surface area (Å²) in [7, 11) is -4.67. The maximum absolute atomic E-state index is 8.74. The van der Waals surface area contributed by atoms with Gasteiger partial charge in [-0.1, -0.05) is 0 Å². The van der Waals surface area contributed by atoms with E-state index in [4.69, 9.17) is 21.7 Å². The molecule has 9 heteroatoms. The summed E-state index contributed by atoms with van der Waals surface area (Å²) in [5.41, 5.74) is 0. The van der Waals surface area contributed by atoms with Crippen molar-refractivity contribution in [3.63, 3.8) is 0 Å². The van der Waals surface area contributed by atoms with Crippen LogP contribution in [0.3, 0.4) is 0 Å². The molecule has 0 aliphatic rings. The first kappa shape index (κ1) is 22.6. The molecule has 0 aromatic heterocycles. The minimum absolute atomic E-state index is 0. The fourth-order valence-corrected chi connectivity index (χ4v) is 0. The molecule has 0 radical (unpaired) electrons. The summed E-state index contributed by atoms with van der Waals surface area (Å²) in [6, 6.07) is 0. The van der Waals surface area contributed by atoms with Gasteiger partial charge in [-0.05, 0) is 0 Å². The van der Waals surface area contributed by atoms with Crippen molar-refractivity contribution in [1.82, 2.24) is 0 Å². The van der Waals surface area contributed by atoms with Crippen LogP contribution in [0.15, 0.2) is 0 Å². The Balaban J connectivity index is -0.0000000286. The van der Waals surface area contributed by atoms with Crippen LogP contribution in [0.1, 0.15) is 0 Å². The fourth-order valence-electron chi connectivity index (χ4n) is 0. The van der Waals surface area contributed by atoms with Crippen molar-refractivity contribution >= 4 is 101 Å². The molecule has 0 bridgehead atoms. The predicted molar refractivity (Wildman–Crippen MR) is 40.6 cm³/mol. The maximum Gasteiger partial charge on any atom is 0.407 e. The van der Waals surface area contributed by atoms with Crippen molar-refractivity contribution in [1.29, 1.82) is 0 Å². The zero-order valence-corrected chi connectivity index (χ0v) is 6.38. The van der Waals surface area contributed by atoms with Gasteiger partial charge < -0.3 is 4.16 Å². The molecule has 0 rings (SSSR count). The van der Waals surface area contributed by atoms with E-state index in [1.807, 2.05) is 0 Å². The molecule has 5 nitrogen and oxygen atoms in total. The van der Waals surface area contributed by atoms with Crippen molar-refractivity contribution in [3.05, 3.63) is 0 Å². The number of hydrogen-bond acceptors (Lipinski definition) is 3. The van der Waals surface area contributed by atoms with Crippen LogP contribution in [0.2, 0.25) is 0 Å². The summed E-state index contributed by atoms with van der Waals surface area (Å²) in [6.45, 7) is 0. The van der Waals surface area contributed by atoms with Gasteiger partial charge in [-0.3, -0.25) is 9.11 Å². The molecule has 0 fully saturated rings. The predicted octanol–water partition coefficient (Wildman–Crippen LogP) is -3.69. The Labute approximate surface area is 120 Å². The molecule has 0 aliphatic heterocycles. The first-order valence-corrected chi connectivity index (χ1v) is 3.44. The van der Waals surface area contributed by atoms with Crippen molar-refractivity contribution in [2.24, 2.45) is 0 Å². The quantitative estimate of drug-likeness (QED) is 0.283. The molecular formula is H8AlKMgO5S. The summed E-state index contributed by atoms with van der Waals surface area (Å²) in [4.78, 5) is 0. The normalized spacial score (nSPS) is 7.00. The standard InChI is InChI=1S/Al.K.Mg.H2O4S.H2O.5H/c;;;1-5(2,3)4;;;;;;/h;;;(H2,1,2,3,4);1H2;;;;;/q+1;;;;;;;;;/p-1. The van der Waals surface area contributed by atoms with E-state index >= 15 is 0 Å². The monoisotopic (exact) mass is 210 g/mol. The molecule has 0 saturated carbocycles. The van der Waals surface area contributed by atoms with Crippen LogP contribution >= 0.6 is 0 Å². The summed E-state index contributed by atoms with van der Waals surface area (Å²) in [5, 5.41) is 0. The zero-order chi connectivity index (χ0) is 6.50. The second kappa shape index (κ2) is 13.4. The van der Waals surface area contributed by atoms with Gasteiger partial charge in [0.15, 0.2) is 0 Å². The molecule has 0 amide bonds. The van der Waals surface area contributed by atoms with Gasteiger partial charge in [-0.2, -0.15) is 8.42 Å². The Morgan fingerprint density at radius 2 is 1.11 bits per heavy atom. The van der Waals surface area contributed by atoms with Crippen LogP contribution in [0.25, 0.3) is 0 Å². The SMILES string of the molecule is O=S(=O)(O)O.[KH].[MgH2].[OH][AlH2]. The average Bonchev–Trinajstić information content (AvgIpc) is 1.36. The summed E-state index contributed by atoms with van der Waals surface area (Å²) in [5.74, 6) is 0. The summed E-state index contributed by atoms with van der Waals surface area (Å²) < 4.78 is 38.7. The van der Waals surface area contributed by atoms with Gasteiger partial charge in [0.1, 0.15) is 0 Å². The van der Waals surface area contributed by atoms with Crippen LogP contribution in [0.5, 0.6) is 0 Å². The zero-order valence-electron chi connectivity index (χ0n) is 3.57. The number of rotatable bonds is 0. The van der Waals surface area contributed by atoms with E-state index in [1.54, 1.807) is 0 Å². The second-order valence-corrected chi connectivity index (χ2v) is 1.34. The third kappa shape index (κ3) is 108. The molecule has 3 N–H and O–H groups in total. The van der Waals surface area contributed by atoms with Crippen LogP contribution in [0, 0.1) is 0 Å². The Morgan fingerprint density at radius 1 is 1.11 bits per heavy atom. The van der Waals surface area contributed by atoms with Crippen molar-refractivity contribution in [2.45, 2.75) is 0 Å². The van der Waals surface area contributed by atoms with Crippen LogP contribution < -0.4 is 0 Å². The van der Waals surface area contributed by atoms with Gasteiger partial charge >= 0.3 is 101 Å². The van der Waals surface area contributed by atoms with Gasteiger partial charge in [0, 0.05) is 0 Å². The molecule has 0 aliphatic carbocycles. The average molecular weight is 211 g/mol. The molecule has 0 unspecified atom stereocenters. The Bertz CT molecular complexity index is 100.